The molecule has 0 aromatic heterocycles. The Morgan fingerprint density at radius 3 is 2.60 bits per heavy atom. The van der Waals surface area contributed by atoms with Gasteiger partial charge in [-0.25, -0.2) is 0 Å². The molecule has 3 unspecified atom stereocenters. The number of carbonyl (C=O) groups is 1. The lowest BCUT2D eigenvalue weighted by atomic mass is 10.1. The third kappa shape index (κ3) is 3.65. The predicted octanol–water partition coefficient (Wildman–Crippen LogP) is 1.93. The van der Waals surface area contributed by atoms with Crippen molar-refractivity contribution in [2.45, 2.75) is 51.9 Å². The molecule has 1 aliphatic heterocycles. The highest BCUT2D eigenvalue weighted by Gasteiger charge is 2.29. The number of hydrogen-bond acceptors (Lipinski definition) is 2. The number of ether oxygens (including phenoxy) is 1. The molecule has 1 heterocycles. The number of hydrogen-bond donors (Lipinski definition) is 1. The molecule has 0 radical (unpaired) electrons. The van der Waals surface area contributed by atoms with Gasteiger partial charge in [-0.2, -0.15) is 0 Å². The maximum Gasteiger partial charge on any atom is 0.249 e. The first kappa shape index (κ1) is 12.8. The Morgan fingerprint density at radius 1 is 1.53 bits per heavy atom. The second-order valence-electron chi connectivity index (χ2n) is 4.53. The normalized spacial score (nSPS) is 28.1. The lowest BCUT2D eigenvalue weighted by Crippen LogP contribution is -2.44. The second kappa shape index (κ2) is 5.71. The van der Waals surface area contributed by atoms with Gasteiger partial charge in [-0.1, -0.05) is 13.8 Å². The minimum absolute atomic E-state index is 0.0151. The van der Waals surface area contributed by atoms with Gasteiger partial charge in [0.25, 0.3) is 0 Å². The van der Waals surface area contributed by atoms with E-state index in [1.807, 2.05) is 20.8 Å². The number of halogens is 1. The van der Waals surface area contributed by atoms with Crippen LogP contribution in [0.4, 0.5) is 0 Å². The standard InChI is InChI=1S/C11H20ClNO2/c1-7(2)9(6-12)13-11(14)10-5-4-8(3)15-10/h7-10H,4-6H2,1-3H3,(H,13,14). The van der Waals surface area contributed by atoms with Gasteiger partial charge in [-0.3, -0.25) is 4.79 Å². The van der Waals surface area contributed by atoms with Crippen molar-refractivity contribution in [1.82, 2.24) is 5.32 Å². The summed E-state index contributed by atoms with van der Waals surface area (Å²) in [7, 11) is 0. The SMILES string of the molecule is CC1CCC(C(=O)NC(CCl)C(C)C)O1. The summed E-state index contributed by atoms with van der Waals surface area (Å²) in [5.74, 6) is 0.787. The molecule has 0 saturated carbocycles. The highest BCUT2D eigenvalue weighted by Crippen LogP contribution is 2.19. The molecule has 0 aromatic carbocycles. The van der Waals surface area contributed by atoms with Crippen LogP contribution in [-0.4, -0.2) is 30.0 Å². The molecular formula is C11H20ClNO2. The van der Waals surface area contributed by atoms with Gasteiger partial charge < -0.3 is 10.1 Å². The fraction of sp³-hybridized carbons (Fsp3) is 0.909. The highest BCUT2D eigenvalue weighted by molar-refractivity contribution is 6.18. The molecule has 0 aromatic rings. The molecule has 1 saturated heterocycles. The predicted molar refractivity (Wildman–Crippen MR) is 61.1 cm³/mol. The van der Waals surface area contributed by atoms with Gasteiger partial charge >= 0.3 is 0 Å². The molecule has 88 valence electrons. The first-order chi connectivity index (χ1) is 7.04. The Bertz CT molecular complexity index is 221. The first-order valence-corrected chi connectivity index (χ1v) is 6.09. The van der Waals surface area contributed by atoms with Crippen molar-refractivity contribution in [2.75, 3.05) is 5.88 Å². The van der Waals surface area contributed by atoms with E-state index in [0.29, 0.717) is 11.8 Å². The highest BCUT2D eigenvalue weighted by atomic mass is 35.5. The Labute approximate surface area is 96.5 Å². The maximum absolute atomic E-state index is 11.8. The van der Waals surface area contributed by atoms with Crippen molar-refractivity contribution >= 4 is 17.5 Å². The lowest BCUT2D eigenvalue weighted by Gasteiger charge is -2.21. The Balaban J connectivity index is 2.40. The van der Waals surface area contributed by atoms with Gasteiger partial charge in [0.05, 0.1) is 6.10 Å². The van der Waals surface area contributed by atoms with Gasteiger partial charge in [0.15, 0.2) is 0 Å². The van der Waals surface area contributed by atoms with Gasteiger partial charge in [-0.05, 0) is 25.7 Å². The molecule has 0 bridgehead atoms. The first-order valence-electron chi connectivity index (χ1n) is 5.56. The van der Waals surface area contributed by atoms with E-state index in [4.69, 9.17) is 16.3 Å². The maximum atomic E-state index is 11.8. The third-order valence-corrected chi connectivity index (χ3v) is 3.16. The Hall–Kier alpha value is -0.280. The zero-order valence-corrected chi connectivity index (χ0v) is 10.4. The van der Waals surface area contributed by atoms with Crippen LogP contribution in [0.1, 0.15) is 33.6 Å². The van der Waals surface area contributed by atoms with Crippen LogP contribution in [0.3, 0.4) is 0 Å². The molecule has 4 heteroatoms. The largest absolute Gasteiger partial charge is 0.365 e. The van der Waals surface area contributed by atoms with E-state index in [1.165, 1.54) is 0 Å². The van der Waals surface area contributed by atoms with Crippen LogP contribution in [-0.2, 0) is 9.53 Å². The lowest BCUT2D eigenvalue weighted by molar-refractivity contribution is -0.132. The van der Waals surface area contributed by atoms with E-state index in [9.17, 15) is 4.79 Å². The van der Waals surface area contributed by atoms with E-state index >= 15 is 0 Å². The number of rotatable bonds is 4. The van der Waals surface area contributed by atoms with Crippen molar-refractivity contribution in [3.63, 3.8) is 0 Å². The quantitative estimate of drug-likeness (QED) is 0.754. The fourth-order valence-corrected chi connectivity index (χ4v) is 2.09. The topological polar surface area (TPSA) is 38.3 Å². The molecule has 1 aliphatic rings. The van der Waals surface area contributed by atoms with Crippen molar-refractivity contribution < 1.29 is 9.53 Å². The summed E-state index contributed by atoms with van der Waals surface area (Å²) in [5, 5.41) is 2.93. The number of carbonyl (C=O) groups excluding carboxylic acids is 1. The molecule has 0 aliphatic carbocycles. The zero-order chi connectivity index (χ0) is 11.4. The summed E-state index contributed by atoms with van der Waals surface area (Å²) in [4.78, 5) is 11.8. The van der Waals surface area contributed by atoms with Crippen LogP contribution in [0, 0.1) is 5.92 Å². The third-order valence-electron chi connectivity index (χ3n) is 2.82. The van der Waals surface area contributed by atoms with Crippen LogP contribution in [0.5, 0.6) is 0 Å². The summed E-state index contributed by atoms with van der Waals surface area (Å²) >= 11 is 5.79. The zero-order valence-electron chi connectivity index (χ0n) is 9.63. The summed E-state index contributed by atoms with van der Waals surface area (Å²) in [6.45, 7) is 6.09. The molecule has 0 spiro atoms. The summed E-state index contributed by atoms with van der Waals surface area (Å²) in [6, 6.07) is 0.0404. The Morgan fingerprint density at radius 2 is 2.20 bits per heavy atom. The van der Waals surface area contributed by atoms with Crippen LogP contribution < -0.4 is 5.32 Å². The number of amides is 1. The van der Waals surface area contributed by atoms with E-state index < -0.39 is 0 Å². The van der Waals surface area contributed by atoms with Gasteiger partial charge in [-0.15, -0.1) is 11.6 Å². The van der Waals surface area contributed by atoms with Crippen LogP contribution >= 0.6 is 11.6 Å². The minimum atomic E-state index is -0.274. The molecule has 1 N–H and O–H groups in total. The minimum Gasteiger partial charge on any atom is -0.365 e. The van der Waals surface area contributed by atoms with Crippen molar-refractivity contribution in [3.05, 3.63) is 0 Å². The van der Waals surface area contributed by atoms with Crippen LogP contribution in [0.15, 0.2) is 0 Å². The number of alkyl halides is 1. The summed E-state index contributed by atoms with van der Waals surface area (Å²) in [5.41, 5.74) is 0. The monoisotopic (exact) mass is 233 g/mol. The average molecular weight is 234 g/mol. The molecule has 1 fully saturated rings. The van der Waals surface area contributed by atoms with E-state index in [-0.39, 0.29) is 24.2 Å². The van der Waals surface area contributed by atoms with Gasteiger partial charge in [0.2, 0.25) is 5.91 Å². The molecular weight excluding hydrogens is 214 g/mol. The molecule has 1 amide bonds. The molecule has 3 atom stereocenters. The molecule has 1 rings (SSSR count). The van der Waals surface area contributed by atoms with Gasteiger partial charge in [0, 0.05) is 11.9 Å². The smallest absolute Gasteiger partial charge is 0.249 e. The average Bonchev–Trinajstić information content (AvgIpc) is 2.60. The number of nitrogens with one attached hydrogen (secondary N) is 1. The summed E-state index contributed by atoms with van der Waals surface area (Å²) in [6.07, 6.45) is 1.71. The fourth-order valence-electron chi connectivity index (χ4n) is 1.65. The van der Waals surface area contributed by atoms with Crippen molar-refractivity contribution in [3.8, 4) is 0 Å². The van der Waals surface area contributed by atoms with E-state index in [0.717, 1.165) is 12.8 Å². The van der Waals surface area contributed by atoms with Crippen LogP contribution in [0.2, 0.25) is 0 Å². The van der Waals surface area contributed by atoms with Crippen LogP contribution in [0.25, 0.3) is 0 Å². The van der Waals surface area contributed by atoms with Crippen molar-refractivity contribution in [1.29, 1.82) is 0 Å². The summed E-state index contributed by atoms with van der Waals surface area (Å²) < 4.78 is 5.49. The second-order valence-corrected chi connectivity index (χ2v) is 4.83. The van der Waals surface area contributed by atoms with Crippen molar-refractivity contribution in [2.24, 2.45) is 5.92 Å². The molecule has 3 nitrogen and oxygen atoms in total. The van der Waals surface area contributed by atoms with E-state index in [2.05, 4.69) is 5.32 Å². The Kier molecular flexibility index (Phi) is 4.87. The van der Waals surface area contributed by atoms with E-state index in [1.54, 1.807) is 0 Å². The molecule has 15 heavy (non-hydrogen) atoms. The van der Waals surface area contributed by atoms with Gasteiger partial charge in [0.1, 0.15) is 6.10 Å².